The zero-order valence-corrected chi connectivity index (χ0v) is 13.0. The molecule has 0 spiro atoms. The summed E-state index contributed by atoms with van der Waals surface area (Å²) in [5.41, 5.74) is -0.815. The second kappa shape index (κ2) is 7.68. The van der Waals surface area contributed by atoms with Crippen LogP contribution in [0.5, 0.6) is 5.75 Å². The maximum Gasteiger partial charge on any atom is 0.419 e. The molecule has 1 atom stereocenters. The molecule has 2 rings (SSSR count). The Morgan fingerprint density at radius 2 is 2.04 bits per heavy atom. The number of carbonyl (C=O) groups is 1. The number of rotatable bonds is 8. The van der Waals surface area contributed by atoms with Crippen LogP contribution in [0.25, 0.3) is 0 Å². The largest absolute Gasteiger partial charge is 0.491 e. The zero-order chi connectivity index (χ0) is 16.9. The Hall–Kier alpha value is -1.76. The lowest BCUT2D eigenvalue weighted by Gasteiger charge is -2.18. The number of hydrogen-bond donors (Lipinski definition) is 2. The summed E-state index contributed by atoms with van der Waals surface area (Å²) in [5, 5.41) is 5.75. The Morgan fingerprint density at radius 1 is 1.35 bits per heavy atom. The van der Waals surface area contributed by atoms with Crippen molar-refractivity contribution in [3.05, 3.63) is 29.8 Å². The smallest absolute Gasteiger partial charge is 0.419 e. The van der Waals surface area contributed by atoms with Crippen LogP contribution in [0.3, 0.4) is 0 Å². The molecule has 0 bridgehead atoms. The molecule has 0 radical (unpaired) electrons. The maximum atomic E-state index is 12.8. The van der Waals surface area contributed by atoms with E-state index in [1.165, 1.54) is 31.0 Å². The zero-order valence-electron chi connectivity index (χ0n) is 13.0. The van der Waals surface area contributed by atoms with Gasteiger partial charge in [-0.25, -0.2) is 0 Å². The minimum atomic E-state index is -4.46. The first-order chi connectivity index (χ1) is 10.9. The fourth-order valence-corrected chi connectivity index (χ4v) is 2.12. The number of halogens is 3. The predicted octanol–water partition coefficient (Wildman–Crippen LogP) is 2.59. The summed E-state index contributed by atoms with van der Waals surface area (Å²) in [4.78, 5) is 11.7. The highest BCUT2D eigenvalue weighted by molar-refractivity contribution is 5.78. The van der Waals surface area contributed by atoms with Crippen molar-refractivity contribution in [3.8, 4) is 5.75 Å². The summed E-state index contributed by atoms with van der Waals surface area (Å²) >= 11 is 0. The van der Waals surface area contributed by atoms with Gasteiger partial charge in [0.15, 0.2) is 0 Å². The van der Waals surface area contributed by atoms with E-state index in [1.807, 2.05) is 0 Å². The first kappa shape index (κ1) is 17.6. The molecule has 7 heteroatoms. The van der Waals surface area contributed by atoms with Gasteiger partial charge in [0, 0.05) is 0 Å². The molecule has 0 saturated heterocycles. The van der Waals surface area contributed by atoms with Crippen LogP contribution < -0.4 is 15.4 Å². The number of ether oxygens (including phenoxy) is 1. The molecule has 1 saturated carbocycles. The molecule has 1 aromatic carbocycles. The van der Waals surface area contributed by atoms with Crippen LogP contribution in [0.1, 0.15) is 25.3 Å². The number of amides is 1. The van der Waals surface area contributed by atoms with Crippen LogP contribution in [-0.2, 0) is 11.0 Å². The highest BCUT2D eigenvalue weighted by Crippen LogP contribution is 2.35. The van der Waals surface area contributed by atoms with E-state index in [9.17, 15) is 18.0 Å². The molecule has 1 aromatic rings. The van der Waals surface area contributed by atoms with Crippen molar-refractivity contribution < 1.29 is 22.7 Å². The summed E-state index contributed by atoms with van der Waals surface area (Å²) in [6, 6.07) is 4.66. The second-order valence-electron chi connectivity index (χ2n) is 5.85. The molecule has 1 fully saturated rings. The van der Waals surface area contributed by atoms with E-state index in [0.29, 0.717) is 5.92 Å². The minimum absolute atomic E-state index is 0.0263. The van der Waals surface area contributed by atoms with E-state index in [-0.39, 0.29) is 30.9 Å². The fourth-order valence-electron chi connectivity index (χ4n) is 2.12. The molecule has 0 aromatic heterocycles. The predicted molar refractivity (Wildman–Crippen MR) is 80.1 cm³/mol. The maximum absolute atomic E-state index is 12.8. The van der Waals surface area contributed by atoms with Crippen molar-refractivity contribution in [1.29, 1.82) is 0 Å². The van der Waals surface area contributed by atoms with Gasteiger partial charge in [0.25, 0.3) is 0 Å². The Bertz CT molecular complexity index is 530. The van der Waals surface area contributed by atoms with E-state index in [1.54, 1.807) is 6.92 Å². The standard InChI is InChI=1S/C16H21F3N2O2/c1-11(21-15(22)9-20-8-12-6-7-12)10-23-14-5-3-2-4-13(14)16(17,18)19/h2-5,11-12,20H,6-10H2,1H3,(H,21,22). The van der Waals surface area contributed by atoms with Crippen LogP contribution in [0.15, 0.2) is 24.3 Å². The van der Waals surface area contributed by atoms with Gasteiger partial charge < -0.3 is 15.4 Å². The lowest BCUT2D eigenvalue weighted by molar-refractivity contribution is -0.139. The van der Waals surface area contributed by atoms with E-state index in [2.05, 4.69) is 10.6 Å². The van der Waals surface area contributed by atoms with Gasteiger partial charge in [-0.3, -0.25) is 4.79 Å². The Kier molecular flexibility index (Phi) is 5.87. The molecule has 0 aliphatic heterocycles. The molecule has 4 nitrogen and oxygen atoms in total. The number of benzene rings is 1. The first-order valence-corrected chi connectivity index (χ1v) is 7.65. The third-order valence-corrected chi connectivity index (χ3v) is 3.50. The number of para-hydroxylation sites is 1. The van der Waals surface area contributed by atoms with E-state index in [0.717, 1.165) is 12.6 Å². The van der Waals surface area contributed by atoms with Crippen molar-refractivity contribution in [2.24, 2.45) is 5.92 Å². The van der Waals surface area contributed by atoms with Gasteiger partial charge in [0.1, 0.15) is 12.4 Å². The molecule has 1 amide bonds. The molecule has 1 unspecified atom stereocenters. The molecular formula is C16H21F3N2O2. The van der Waals surface area contributed by atoms with Gasteiger partial charge in [-0.15, -0.1) is 0 Å². The SMILES string of the molecule is CC(COc1ccccc1C(F)(F)F)NC(=O)CNCC1CC1. The second-order valence-corrected chi connectivity index (χ2v) is 5.85. The number of carbonyl (C=O) groups excluding carboxylic acids is 1. The van der Waals surface area contributed by atoms with Gasteiger partial charge in [-0.1, -0.05) is 12.1 Å². The highest BCUT2D eigenvalue weighted by Gasteiger charge is 2.34. The average molecular weight is 330 g/mol. The van der Waals surface area contributed by atoms with Gasteiger partial charge in [-0.2, -0.15) is 13.2 Å². The summed E-state index contributed by atoms with van der Waals surface area (Å²) in [6.45, 7) is 2.70. The minimum Gasteiger partial charge on any atom is -0.491 e. The van der Waals surface area contributed by atoms with Crippen LogP contribution in [0.2, 0.25) is 0 Å². The van der Waals surface area contributed by atoms with Crippen molar-refractivity contribution in [2.45, 2.75) is 32.0 Å². The summed E-state index contributed by atoms with van der Waals surface area (Å²) in [5.74, 6) is 0.265. The number of nitrogens with one attached hydrogen (secondary N) is 2. The Labute approximate surface area is 133 Å². The molecule has 1 aliphatic rings. The van der Waals surface area contributed by atoms with Gasteiger partial charge >= 0.3 is 6.18 Å². The number of hydrogen-bond acceptors (Lipinski definition) is 3. The van der Waals surface area contributed by atoms with Gasteiger partial charge in [0.05, 0.1) is 18.2 Å². The van der Waals surface area contributed by atoms with Crippen LogP contribution >= 0.6 is 0 Å². The average Bonchev–Trinajstić information content (AvgIpc) is 3.28. The molecule has 0 heterocycles. The Balaban J connectivity index is 1.75. The summed E-state index contributed by atoms with van der Waals surface area (Å²) in [7, 11) is 0. The number of alkyl halides is 3. The molecule has 23 heavy (non-hydrogen) atoms. The topological polar surface area (TPSA) is 50.4 Å². The highest BCUT2D eigenvalue weighted by atomic mass is 19.4. The lowest BCUT2D eigenvalue weighted by atomic mass is 10.2. The third kappa shape index (κ3) is 6.09. The quantitative estimate of drug-likeness (QED) is 0.770. The van der Waals surface area contributed by atoms with Crippen molar-refractivity contribution in [1.82, 2.24) is 10.6 Å². The van der Waals surface area contributed by atoms with Crippen molar-refractivity contribution >= 4 is 5.91 Å². The first-order valence-electron chi connectivity index (χ1n) is 7.65. The van der Waals surface area contributed by atoms with E-state index < -0.39 is 11.7 Å². The van der Waals surface area contributed by atoms with Crippen LogP contribution in [0.4, 0.5) is 13.2 Å². The van der Waals surface area contributed by atoms with E-state index >= 15 is 0 Å². The summed E-state index contributed by atoms with van der Waals surface area (Å²) < 4.78 is 43.7. The normalized spacial score (nSPS) is 16.0. The van der Waals surface area contributed by atoms with Crippen molar-refractivity contribution in [3.63, 3.8) is 0 Å². The van der Waals surface area contributed by atoms with Crippen LogP contribution in [0, 0.1) is 5.92 Å². The summed E-state index contributed by atoms with van der Waals surface area (Å²) in [6.07, 6.45) is -2.05. The van der Waals surface area contributed by atoms with Crippen LogP contribution in [-0.4, -0.2) is 31.6 Å². The molecule has 2 N–H and O–H groups in total. The van der Waals surface area contributed by atoms with E-state index in [4.69, 9.17) is 4.74 Å². The monoisotopic (exact) mass is 330 g/mol. The fraction of sp³-hybridized carbons (Fsp3) is 0.562. The van der Waals surface area contributed by atoms with Gasteiger partial charge in [0.2, 0.25) is 5.91 Å². The molecule has 1 aliphatic carbocycles. The molecular weight excluding hydrogens is 309 g/mol. The third-order valence-electron chi connectivity index (χ3n) is 3.50. The van der Waals surface area contributed by atoms with Crippen molar-refractivity contribution in [2.75, 3.05) is 19.7 Å². The Morgan fingerprint density at radius 3 is 2.70 bits per heavy atom. The molecule has 128 valence electrons. The lowest BCUT2D eigenvalue weighted by Crippen LogP contribution is -2.42. The van der Waals surface area contributed by atoms with Gasteiger partial charge in [-0.05, 0) is 44.4 Å².